The molecule has 0 aromatic rings. The van der Waals surface area contributed by atoms with Crippen LogP contribution in [-0.2, 0) is 0 Å². The largest absolute Gasteiger partial charge is 0.0884 e. The minimum Gasteiger partial charge on any atom is -0.0884 e. The summed E-state index contributed by atoms with van der Waals surface area (Å²) in [6.07, 6.45) is 7.50. The number of allylic oxidation sites excluding steroid dienone is 4. The molecule has 0 nitrogen and oxygen atoms in total. The van der Waals surface area contributed by atoms with Gasteiger partial charge in [0.1, 0.15) is 0 Å². The highest BCUT2D eigenvalue weighted by Gasteiger charge is 2.09. The predicted molar refractivity (Wildman–Crippen MR) is 50.6 cm³/mol. The van der Waals surface area contributed by atoms with Gasteiger partial charge >= 0.3 is 0 Å². The molecular formula is C11H18. The van der Waals surface area contributed by atoms with Gasteiger partial charge in [0.15, 0.2) is 0 Å². The molecule has 0 heteroatoms. The molecule has 0 aromatic heterocycles. The maximum Gasteiger partial charge on any atom is -0.0280 e. The summed E-state index contributed by atoms with van der Waals surface area (Å²) in [5, 5.41) is 0. The van der Waals surface area contributed by atoms with Crippen LogP contribution < -0.4 is 0 Å². The van der Waals surface area contributed by atoms with E-state index in [1.807, 2.05) is 0 Å². The van der Waals surface area contributed by atoms with Crippen LogP contribution >= 0.6 is 0 Å². The lowest BCUT2D eigenvalue weighted by atomic mass is 9.88. The first-order valence-electron chi connectivity index (χ1n) is 4.53. The Hall–Kier alpha value is -0.520. The van der Waals surface area contributed by atoms with E-state index in [1.54, 1.807) is 16.7 Å². The lowest BCUT2D eigenvalue weighted by Crippen LogP contribution is -1.98. The molecule has 11 heavy (non-hydrogen) atoms. The van der Waals surface area contributed by atoms with Gasteiger partial charge in [0, 0.05) is 0 Å². The standard InChI is InChI=1S/C11H18/c1-4-10-5-7-11(8-6-10)9(2)3/h4H,5-8H2,1-3H3. The van der Waals surface area contributed by atoms with Gasteiger partial charge in [-0.15, -0.1) is 0 Å². The van der Waals surface area contributed by atoms with Gasteiger partial charge in [0.05, 0.1) is 0 Å². The molecule has 0 atom stereocenters. The van der Waals surface area contributed by atoms with E-state index in [0.717, 1.165) is 0 Å². The van der Waals surface area contributed by atoms with Crippen LogP contribution in [0.15, 0.2) is 22.8 Å². The summed E-state index contributed by atoms with van der Waals surface area (Å²) in [4.78, 5) is 0. The quantitative estimate of drug-likeness (QED) is 0.460. The minimum atomic E-state index is 1.30. The Bertz CT molecular complexity index is 178. The van der Waals surface area contributed by atoms with Crippen molar-refractivity contribution >= 4 is 0 Å². The van der Waals surface area contributed by atoms with E-state index in [1.165, 1.54) is 25.7 Å². The first kappa shape index (κ1) is 8.58. The van der Waals surface area contributed by atoms with Crippen molar-refractivity contribution in [3.05, 3.63) is 22.8 Å². The molecule has 1 aliphatic carbocycles. The maximum absolute atomic E-state index is 2.28. The molecule has 0 aromatic carbocycles. The molecule has 1 rings (SSSR count). The van der Waals surface area contributed by atoms with Crippen LogP contribution in [-0.4, -0.2) is 0 Å². The summed E-state index contributed by atoms with van der Waals surface area (Å²) in [5.74, 6) is 0. The minimum absolute atomic E-state index is 1.30. The fraction of sp³-hybridized carbons (Fsp3) is 0.636. The summed E-state index contributed by atoms with van der Waals surface area (Å²) < 4.78 is 0. The highest BCUT2D eigenvalue weighted by Crippen LogP contribution is 2.29. The molecule has 62 valence electrons. The molecule has 0 aliphatic heterocycles. The van der Waals surface area contributed by atoms with Gasteiger partial charge in [-0.05, 0) is 46.5 Å². The Morgan fingerprint density at radius 1 is 1.09 bits per heavy atom. The van der Waals surface area contributed by atoms with Crippen LogP contribution in [0, 0.1) is 0 Å². The second kappa shape index (κ2) is 3.75. The Morgan fingerprint density at radius 3 is 2.00 bits per heavy atom. The first-order chi connectivity index (χ1) is 5.24. The second-order valence-electron chi connectivity index (χ2n) is 3.55. The van der Waals surface area contributed by atoms with Gasteiger partial charge in [0.2, 0.25) is 0 Å². The predicted octanol–water partition coefficient (Wildman–Crippen LogP) is 3.84. The van der Waals surface area contributed by atoms with Gasteiger partial charge in [-0.25, -0.2) is 0 Å². The van der Waals surface area contributed by atoms with Gasteiger partial charge in [0.25, 0.3) is 0 Å². The fourth-order valence-corrected chi connectivity index (χ4v) is 1.66. The zero-order chi connectivity index (χ0) is 8.27. The third-order valence-corrected chi connectivity index (χ3v) is 2.61. The van der Waals surface area contributed by atoms with Crippen molar-refractivity contribution in [3.63, 3.8) is 0 Å². The maximum atomic E-state index is 2.28. The van der Waals surface area contributed by atoms with E-state index < -0.39 is 0 Å². The van der Waals surface area contributed by atoms with Gasteiger partial charge in [-0.3, -0.25) is 0 Å². The van der Waals surface area contributed by atoms with Crippen molar-refractivity contribution in [2.75, 3.05) is 0 Å². The van der Waals surface area contributed by atoms with Crippen LogP contribution in [0.1, 0.15) is 46.5 Å². The van der Waals surface area contributed by atoms with Crippen molar-refractivity contribution in [1.29, 1.82) is 0 Å². The number of hydrogen-bond donors (Lipinski definition) is 0. The molecular weight excluding hydrogens is 132 g/mol. The summed E-state index contributed by atoms with van der Waals surface area (Å²) in [6.45, 7) is 6.62. The molecule has 0 bridgehead atoms. The monoisotopic (exact) mass is 150 g/mol. The number of hydrogen-bond acceptors (Lipinski definition) is 0. The van der Waals surface area contributed by atoms with E-state index >= 15 is 0 Å². The fourth-order valence-electron chi connectivity index (χ4n) is 1.66. The van der Waals surface area contributed by atoms with E-state index in [-0.39, 0.29) is 0 Å². The summed E-state index contributed by atoms with van der Waals surface area (Å²) in [5.41, 5.74) is 4.88. The number of rotatable bonds is 0. The lowest BCUT2D eigenvalue weighted by Gasteiger charge is -2.18. The Labute approximate surface area is 70.0 Å². The third kappa shape index (κ3) is 2.21. The average Bonchev–Trinajstić information content (AvgIpc) is 2.05. The Kier molecular flexibility index (Phi) is 2.92. The first-order valence-corrected chi connectivity index (χ1v) is 4.53. The molecule has 1 fully saturated rings. The van der Waals surface area contributed by atoms with Gasteiger partial charge < -0.3 is 0 Å². The van der Waals surface area contributed by atoms with Crippen LogP contribution in [0.5, 0.6) is 0 Å². The summed E-state index contributed by atoms with van der Waals surface area (Å²) in [7, 11) is 0. The third-order valence-electron chi connectivity index (χ3n) is 2.61. The van der Waals surface area contributed by atoms with E-state index in [4.69, 9.17) is 0 Å². The molecule has 0 amide bonds. The molecule has 0 heterocycles. The molecule has 1 saturated carbocycles. The summed E-state index contributed by atoms with van der Waals surface area (Å²) in [6, 6.07) is 0. The van der Waals surface area contributed by atoms with Crippen molar-refractivity contribution in [3.8, 4) is 0 Å². The topological polar surface area (TPSA) is 0 Å². The van der Waals surface area contributed by atoms with E-state index in [9.17, 15) is 0 Å². The molecule has 1 aliphatic rings. The Balaban J connectivity index is 2.56. The molecule has 0 N–H and O–H groups in total. The molecule has 0 radical (unpaired) electrons. The van der Waals surface area contributed by atoms with Crippen molar-refractivity contribution < 1.29 is 0 Å². The Morgan fingerprint density at radius 2 is 1.64 bits per heavy atom. The van der Waals surface area contributed by atoms with Crippen LogP contribution in [0.4, 0.5) is 0 Å². The normalized spacial score (nSPS) is 18.5. The lowest BCUT2D eigenvalue weighted by molar-refractivity contribution is 0.716. The van der Waals surface area contributed by atoms with Crippen molar-refractivity contribution in [1.82, 2.24) is 0 Å². The van der Waals surface area contributed by atoms with Gasteiger partial charge in [-0.2, -0.15) is 0 Å². The average molecular weight is 150 g/mol. The molecule has 0 saturated heterocycles. The highest BCUT2D eigenvalue weighted by molar-refractivity contribution is 5.19. The van der Waals surface area contributed by atoms with Crippen LogP contribution in [0.3, 0.4) is 0 Å². The second-order valence-corrected chi connectivity index (χ2v) is 3.55. The summed E-state index contributed by atoms with van der Waals surface area (Å²) >= 11 is 0. The zero-order valence-corrected chi connectivity index (χ0v) is 7.91. The van der Waals surface area contributed by atoms with Crippen molar-refractivity contribution in [2.24, 2.45) is 0 Å². The van der Waals surface area contributed by atoms with Crippen LogP contribution in [0.2, 0.25) is 0 Å². The van der Waals surface area contributed by atoms with Crippen LogP contribution in [0.25, 0.3) is 0 Å². The van der Waals surface area contributed by atoms with E-state index in [2.05, 4.69) is 26.8 Å². The SMILES string of the molecule is CC=C1CCC(=C(C)C)CC1. The van der Waals surface area contributed by atoms with Crippen molar-refractivity contribution in [2.45, 2.75) is 46.5 Å². The van der Waals surface area contributed by atoms with Gasteiger partial charge in [-0.1, -0.05) is 22.8 Å². The van der Waals surface area contributed by atoms with E-state index in [0.29, 0.717) is 0 Å². The molecule has 0 unspecified atom stereocenters. The molecule has 0 spiro atoms. The smallest absolute Gasteiger partial charge is 0.0280 e. The zero-order valence-electron chi connectivity index (χ0n) is 7.91. The highest BCUT2D eigenvalue weighted by atomic mass is 14.1.